The molecule has 1 rings (SSSR count). The number of amides is 1. The lowest BCUT2D eigenvalue weighted by Gasteiger charge is -2.24. The number of hydrogen-bond donors (Lipinski definition) is 2. The summed E-state index contributed by atoms with van der Waals surface area (Å²) in [6, 6.07) is 7.18. The summed E-state index contributed by atoms with van der Waals surface area (Å²) in [5.41, 5.74) is 6.63. The molecule has 1 aromatic rings. The Bertz CT molecular complexity index is 391. The van der Waals surface area contributed by atoms with Gasteiger partial charge in [0.25, 0.3) is 0 Å². The standard InChI is InChI=1S/C14H22N2O2.ClH/c1-9(2)13(16-14(17)10(3)15)11-5-7-12(18-4)8-6-11;/h5-10,13H,15H2,1-4H3,(H,16,17);1H/t10-,13?;/m0./s1. The summed E-state index contributed by atoms with van der Waals surface area (Å²) in [6.07, 6.45) is 0. The maximum atomic E-state index is 11.7. The van der Waals surface area contributed by atoms with Gasteiger partial charge in [-0.25, -0.2) is 0 Å². The van der Waals surface area contributed by atoms with Crippen molar-refractivity contribution in [3.8, 4) is 5.75 Å². The Morgan fingerprint density at radius 1 is 1.21 bits per heavy atom. The fourth-order valence-electron chi connectivity index (χ4n) is 1.73. The first kappa shape index (κ1) is 17.7. The highest BCUT2D eigenvalue weighted by Gasteiger charge is 2.19. The maximum absolute atomic E-state index is 11.7. The molecule has 1 aromatic carbocycles. The molecule has 0 aromatic heterocycles. The molecule has 0 aliphatic rings. The quantitative estimate of drug-likeness (QED) is 0.873. The zero-order valence-electron chi connectivity index (χ0n) is 11.8. The van der Waals surface area contributed by atoms with Crippen LogP contribution in [0.5, 0.6) is 5.75 Å². The Labute approximate surface area is 121 Å². The molecule has 0 aliphatic carbocycles. The molecule has 0 heterocycles. The van der Waals surface area contributed by atoms with E-state index in [0.29, 0.717) is 5.92 Å². The molecule has 0 bridgehead atoms. The van der Waals surface area contributed by atoms with Gasteiger partial charge in [0, 0.05) is 0 Å². The zero-order valence-corrected chi connectivity index (χ0v) is 12.7. The van der Waals surface area contributed by atoms with Crippen molar-refractivity contribution < 1.29 is 9.53 Å². The molecule has 1 amide bonds. The Morgan fingerprint density at radius 3 is 2.11 bits per heavy atom. The average Bonchev–Trinajstić information content (AvgIpc) is 2.35. The van der Waals surface area contributed by atoms with Gasteiger partial charge in [-0.2, -0.15) is 0 Å². The van der Waals surface area contributed by atoms with Crippen molar-refractivity contribution in [1.29, 1.82) is 0 Å². The van der Waals surface area contributed by atoms with E-state index >= 15 is 0 Å². The molecule has 0 fully saturated rings. The van der Waals surface area contributed by atoms with Gasteiger partial charge in [-0.3, -0.25) is 4.79 Å². The molecule has 1 unspecified atom stereocenters. The van der Waals surface area contributed by atoms with E-state index in [0.717, 1.165) is 11.3 Å². The molecule has 0 saturated carbocycles. The Kier molecular flexibility index (Phi) is 7.49. The minimum Gasteiger partial charge on any atom is -0.497 e. The van der Waals surface area contributed by atoms with Crippen LogP contribution in [0.25, 0.3) is 0 Å². The monoisotopic (exact) mass is 286 g/mol. The number of ether oxygens (including phenoxy) is 1. The minimum absolute atomic E-state index is 0. The fraction of sp³-hybridized carbons (Fsp3) is 0.500. The average molecular weight is 287 g/mol. The third-order valence-corrected chi connectivity index (χ3v) is 2.85. The summed E-state index contributed by atoms with van der Waals surface area (Å²) >= 11 is 0. The molecule has 0 saturated heterocycles. The van der Waals surface area contributed by atoms with E-state index in [-0.39, 0.29) is 24.4 Å². The molecule has 0 aliphatic heterocycles. The summed E-state index contributed by atoms with van der Waals surface area (Å²) in [7, 11) is 1.63. The molecular weight excluding hydrogens is 264 g/mol. The number of carbonyl (C=O) groups excluding carboxylic acids is 1. The van der Waals surface area contributed by atoms with Gasteiger partial charge < -0.3 is 15.8 Å². The van der Waals surface area contributed by atoms with Crippen molar-refractivity contribution in [2.45, 2.75) is 32.9 Å². The second-order valence-electron chi connectivity index (χ2n) is 4.79. The van der Waals surface area contributed by atoms with E-state index in [1.807, 2.05) is 24.3 Å². The van der Waals surface area contributed by atoms with Gasteiger partial charge in [0.1, 0.15) is 5.75 Å². The summed E-state index contributed by atoms with van der Waals surface area (Å²) in [5, 5.41) is 2.96. The Balaban J connectivity index is 0.00000324. The van der Waals surface area contributed by atoms with Crippen LogP contribution in [0.3, 0.4) is 0 Å². The first-order valence-electron chi connectivity index (χ1n) is 6.15. The summed E-state index contributed by atoms with van der Waals surface area (Å²) < 4.78 is 5.12. The highest BCUT2D eigenvalue weighted by Crippen LogP contribution is 2.23. The highest BCUT2D eigenvalue weighted by molar-refractivity contribution is 5.85. The van der Waals surface area contributed by atoms with Crippen LogP contribution >= 0.6 is 12.4 Å². The minimum atomic E-state index is -0.496. The van der Waals surface area contributed by atoms with Crippen LogP contribution < -0.4 is 15.8 Å². The van der Waals surface area contributed by atoms with Gasteiger partial charge in [-0.1, -0.05) is 26.0 Å². The van der Waals surface area contributed by atoms with Crippen molar-refractivity contribution in [1.82, 2.24) is 5.32 Å². The first-order chi connectivity index (χ1) is 8.45. The second kappa shape index (κ2) is 8.02. The van der Waals surface area contributed by atoms with Crippen LogP contribution in [0.2, 0.25) is 0 Å². The van der Waals surface area contributed by atoms with Gasteiger partial charge in [-0.15, -0.1) is 12.4 Å². The molecule has 19 heavy (non-hydrogen) atoms. The number of carbonyl (C=O) groups is 1. The van der Waals surface area contributed by atoms with Gasteiger partial charge >= 0.3 is 0 Å². The smallest absolute Gasteiger partial charge is 0.237 e. The normalized spacial score (nSPS) is 13.4. The van der Waals surface area contributed by atoms with Gasteiger partial charge in [0.05, 0.1) is 19.2 Å². The molecule has 4 nitrogen and oxygen atoms in total. The molecule has 2 atom stereocenters. The van der Waals surface area contributed by atoms with Crippen LogP contribution in [0, 0.1) is 5.92 Å². The number of halogens is 1. The molecule has 3 N–H and O–H groups in total. The van der Waals surface area contributed by atoms with Crippen LogP contribution in [-0.4, -0.2) is 19.1 Å². The number of benzene rings is 1. The lowest BCUT2D eigenvalue weighted by atomic mass is 9.95. The van der Waals surface area contributed by atoms with Crippen molar-refractivity contribution >= 4 is 18.3 Å². The second-order valence-corrected chi connectivity index (χ2v) is 4.79. The summed E-state index contributed by atoms with van der Waals surface area (Å²) in [6.45, 7) is 5.81. The SMILES string of the molecule is COc1ccc(C(NC(=O)[C@H](C)N)C(C)C)cc1.Cl. The van der Waals surface area contributed by atoms with Crippen LogP contribution in [-0.2, 0) is 4.79 Å². The molecule has 0 spiro atoms. The van der Waals surface area contributed by atoms with E-state index in [9.17, 15) is 4.79 Å². The summed E-state index contributed by atoms with van der Waals surface area (Å²) in [4.78, 5) is 11.7. The van der Waals surface area contributed by atoms with Crippen molar-refractivity contribution in [3.63, 3.8) is 0 Å². The third-order valence-electron chi connectivity index (χ3n) is 2.85. The third kappa shape index (κ3) is 5.09. The van der Waals surface area contributed by atoms with Crippen molar-refractivity contribution in [2.75, 3.05) is 7.11 Å². The number of hydrogen-bond acceptors (Lipinski definition) is 3. The Morgan fingerprint density at radius 2 is 1.74 bits per heavy atom. The topological polar surface area (TPSA) is 64.3 Å². The molecule has 5 heteroatoms. The van der Waals surface area contributed by atoms with Gasteiger partial charge in [0.2, 0.25) is 5.91 Å². The predicted octanol–water partition coefficient (Wildman–Crippen LogP) is 2.28. The number of nitrogens with one attached hydrogen (secondary N) is 1. The molecule has 108 valence electrons. The van der Waals surface area contributed by atoms with E-state index in [4.69, 9.17) is 10.5 Å². The van der Waals surface area contributed by atoms with Crippen molar-refractivity contribution in [3.05, 3.63) is 29.8 Å². The molecular formula is C14H23ClN2O2. The molecule has 0 radical (unpaired) electrons. The lowest BCUT2D eigenvalue weighted by molar-refractivity contribution is -0.123. The first-order valence-corrected chi connectivity index (χ1v) is 6.15. The van der Waals surface area contributed by atoms with Gasteiger partial charge in [-0.05, 0) is 30.5 Å². The number of methoxy groups -OCH3 is 1. The highest BCUT2D eigenvalue weighted by atomic mass is 35.5. The Hall–Kier alpha value is -1.26. The maximum Gasteiger partial charge on any atom is 0.237 e. The van der Waals surface area contributed by atoms with Crippen molar-refractivity contribution in [2.24, 2.45) is 11.7 Å². The number of nitrogens with two attached hydrogens (primary N) is 1. The van der Waals surface area contributed by atoms with Crippen LogP contribution in [0.4, 0.5) is 0 Å². The van der Waals surface area contributed by atoms with Gasteiger partial charge in [0.15, 0.2) is 0 Å². The largest absolute Gasteiger partial charge is 0.497 e. The number of rotatable bonds is 5. The van der Waals surface area contributed by atoms with E-state index in [1.165, 1.54) is 0 Å². The van der Waals surface area contributed by atoms with E-state index < -0.39 is 6.04 Å². The summed E-state index contributed by atoms with van der Waals surface area (Å²) in [5.74, 6) is 0.963. The van der Waals surface area contributed by atoms with E-state index in [1.54, 1.807) is 14.0 Å². The van der Waals surface area contributed by atoms with Crippen LogP contribution in [0.15, 0.2) is 24.3 Å². The van der Waals surface area contributed by atoms with Crippen LogP contribution in [0.1, 0.15) is 32.4 Å². The predicted molar refractivity (Wildman–Crippen MR) is 79.6 cm³/mol. The lowest BCUT2D eigenvalue weighted by Crippen LogP contribution is -2.41. The van der Waals surface area contributed by atoms with E-state index in [2.05, 4.69) is 19.2 Å². The fourth-order valence-corrected chi connectivity index (χ4v) is 1.73. The zero-order chi connectivity index (χ0) is 13.7.